The summed E-state index contributed by atoms with van der Waals surface area (Å²) in [7, 11) is 0. The molecule has 0 saturated carbocycles. The molecule has 0 aromatic heterocycles. The molecule has 1 aliphatic rings. The fourth-order valence-corrected chi connectivity index (χ4v) is 2.11. The van der Waals surface area contributed by atoms with E-state index in [9.17, 15) is 9.50 Å². The maximum Gasteiger partial charge on any atom is 0.134 e. The van der Waals surface area contributed by atoms with Gasteiger partial charge >= 0.3 is 0 Å². The molecule has 1 aromatic carbocycles. The van der Waals surface area contributed by atoms with Gasteiger partial charge in [-0.1, -0.05) is 28.1 Å². The maximum atomic E-state index is 13.0. The number of halogens is 2. The van der Waals surface area contributed by atoms with Crippen molar-refractivity contribution in [1.82, 2.24) is 0 Å². The van der Waals surface area contributed by atoms with Gasteiger partial charge in [0.25, 0.3) is 0 Å². The molecule has 0 spiro atoms. The van der Waals surface area contributed by atoms with E-state index in [0.29, 0.717) is 6.42 Å². The lowest BCUT2D eigenvalue weighted by Crippen LogP contribution is -2.05. The summed E-state index contributed by atoms with van der Waals surface area (Å²) in [6, 6.07) is 5.44. The first kappa shape index (κ1) is 8.20. The molecule has 64 valence electrons. The Morgan fingerprint density at radius 3 is 2.92 bits per heavy atom. The highest BCUT2D eigenvalue weighted by atomic mass is 79.9. The van der Waals surface area contributed by atoms with Crippen LogP contribution in [0.5, 0.6) is 0 Å². The lowest BCUT2D eigenvalue weighted by atomic mass is 10.1. The van der Waals surface area contributed by atoms with Crippen LogP contribution in [-0.2, 0) is 6.42 Å². The zero-order chi connectivity index (χ0) is 8.72. The molecule has 3 heteroatoms. The molecule has 1 aliphatic carbocycles. The molecule has 2 atom stereocenters. The first-order chi connectivity index (χ1) is 5.70. The molecule has 0 fully saturated rings. The summed E-state index contributed by atoms with van der Waals surface area (Å²) in [6.45, 7) is 0. The van der Waals surface area contributed by atoms with E-state index in [1.165, 1.54) is 0 Å². The number of aliphatic hydroxyl groups excluding tert-OH is 1. The molecular weight excluding hydrogens is 223 g/mol. The number of hydrogen-bond donors (Lipinski definition) is 1. The highest BCUT2D eigenvalue weighted by molar-refractivity contribution is 9.10. The zero-order valence-corrected chi connectivity index (χ0v) is 7.88. The van der Waals surface area contributed by atoms with Gasteiger partial charge in [0.05, 0.1) is 0 Å². The number of fused-ring (bicyclic) bond motifs is 1. The summed E-state index contributed by atoms with van der Waals surface area (Å²) in [6.07, 6.45) is -1.76. The van der Waals surface area contributed by atoms with Gasteiger partial charge < -0.3 is 5.11 Å². The third-order valence-corrected chi connectivity index (χ3v) is 2.96. The van der Waals surface area contributed by atoms with Crippen molar-refractivity contribution in [3.63, 3.8) is 0 Å². The largest absolute Gasteiger partial charge is 0.385 e. The summed E-state index contributed by atoms with van der Waals surface area (Å²) in [5, 5.41) is 9.38. The van der Waals surface area contributed by atoms with Crippen LogP contribution in [0.1, 0.15) is 17.2 Å². The predicted octanol–water partition coefficient (Wildman–Crippen LogP) is 2.38. The smallest absolute Gasteiger partial charge is 0.134 e. The van der Waals surface area contributed by atoms with Gasteiger partial charge in [-0.15, -0.1) is 0 Å². The van der Waals surface area contributed by atoms with Crippen molar-refractivity contribution in [1.29, 1.82) is 0 Å². The first-order valence-corrected chi connectivity index (χ1v) is 4.59. The molecule has 0 radical (unpaired) electrons. The normalized spacial score (nSPS) is 27.2. The van der Waals surface area contributed by atoms with E-state index in [2.05, 4.69) is 15.9 Å². The summed E-state index contributed by atoms with van der Waals surface area (Å²) in [5.74, 6) is 0. The van der Waals surface area contributed by atoms with Gasteiger partial charge in [-0.25, -0.2) is 4.39 Å². The van der Waals surface area contributed by atoms with Gasteiger partial charge in [0.1, 0.15) is 12.3 Å². The Labute approximate surface area is 78.3 Å². The number of hydrogen-bond acceptors (Lipinski definition) is 1. The Morgan fingerprint density at radius 1 is 1.50 bits per heavy atom. The van der Waals surface area contributed by atoms with E-state index >= 15 is 0 Å². The molecular formula is C9H8BrFO. The zero-order valence-electron chi connectivity index (χ0n) is 6.30. The SMILES string of the molecule is O[C@H]1c2cccc(Br)c2C[C@H]1F. The average Bonchev–Trinajstić information content (AvgIpc) is 2.32. The molecule has 0 unspecified atom stereocenters. The van der Waals surface area contributed by atoms with Gasteiger partial charge in [0.2, 0.25) is 0 Å². The standard InChI is InChI=1S/C9H8BrFO/c10-7-3-1-2-5-6(7)4-8(11)9(5)12/h1-3,8-9,12H,4H2/t8-,9+/m1/s1. The van der Waals surface area contributed by atoms with E-state index in [-0.39, 0.29) is 0 Å². The number of aliphatic hydroxyl groups is 1. The van der Waals surface area contributed by atoms with Crippen LogP contribution in [-0.4, -0.2) is 11.3 Å². The Kier molecular flexibility index (Phi) is 1.93. The Morgan fingerprint density at radius 2 is 2.25 bits per heavy atom. The first-order valence-electron chi connectivity index (χ1n) is 3.79. The summed E-state index contributed by atoms with van der Waals surface area (Å²) in [4.78, 5) is 0. The monoisotopic (exact) mass is 230 g/mol. The molecule has 1 aromatic rings. The van der Waals surface area contributed by atoms with Crippen LogP contribution in [0.25, 0.3) is 0 Å². The lowest BCUT2D eigenvalue weighted by Gasteiger charge is -2.04. The lowest BCUT2D eigenvalue weighted by molar-refractivity contribution is 0.0926. The van der Waals surface area contributed by atoms with Gasteiger partial charge in [0, 0.05) is 10.9 Å². The van der Waals surface area contributed by atoms with Crippen molar-refractivity contribution in [3.8, 4) is 0 Å². The van der Waals surface area contributed by atoms with Crippen molar-refractivity contribution in [3.05, 3.63) is 33.8 Å². The van der Waals surface area contributed by atoms with E-state index < -0.39 is 12.3 Å². The van der Waals surface area contributed by atoms with Crippen LogP contribution in [0, 0.1) is 0 Å². The van der Waals surface area contributed by atoms with Crippen molar-refractivity contribution in [2.45, 2.75) is 18.7 Å². The van der Waals surface area contributed by atoms with Crippen LogP contribution in [0.4, 0.5) is 4.39 Å². The van der Waals surface area contributed by atoms with E-state index in [0.717, 1.165) is 15.6 Å². The molecule has 1 N–H and O–H groups in total. The minimum absolute atomic E-state index is 0.317. The third-order valence-electron chi connectivity index (χ3n) is 2.22. The molecule has 0 bridgehead atoms. The highest BCUT2D eigenvalue weighted by Crippen LogP contribution is 2.37. The molecule has 0 saturated heterocycles. The van der Waals surface area contributed by atoms with Crippen molar-refractivity contribution < 1.29 is 9.50 Å². The van der Waals surface area contributed by atoms with Crippen LogP contribution in [0.3, 0.4) is 0 Å². The fourth-order valence-electron chi connectivity index (χ4n) is 1.57. The molecule has 0 aliphatic heterocycles. The number of alkyl halides is 1. The van der Waals surface area contributed by atoms with Gasteiger partial charge in [-0.05, 0) is 17.2 Å². The van der Waals surface area contributed by atoms with Crippen LogP contribution < -0.4 is 0 Å². The van der Waals surface area contributed by atoms with Crippen molar-refractivity contribution in [2.75, 3.05) is 0 Å². The second kappa shape index (κ2) is 2.82. The highest BCUT2D eigenvalue weighted by Gasteiger charge is 2.31. The summed E-state index contributed by atoms with van der Waals surface area (Å²) in [5.41, 5.74) is 1.62. The minimum Gasteiger partial charge on any atom is -0.385 e. The molecule has 2 rings (SSSR count). The third kappa shape index (κ3) is 1.08. The van der Waals surface area contributed by atoms with E-state index in [4.69, 9.17) is 0 Å². The molecule has 0 amide bonds. The molecule has 12 heavy (non-hydrogen) atoms. The molecule has 1 nitrogen and oxygen atoms in total. The van der Waals surface area contributed by atoms with Crippen molar-refractivity contribution >= 4 is 15.9 Å². The second-order valence-corrected chi connectivity index (χ2v) is 3.83. The summed E-state index contributed by atoms with van der Waals surface area (Å²) < 4.78 is 13.9. The quantitative estimate of drug-likeness (QED) is 0.726. The summed E-state index contributed by atoms with van der Waals surface area (Å²) >= 11 is 3.32. The molecule has 0 heterocycles. The van der Waals surface area contributed by atoms with E-state index in [1.807, 2.05) is 12.1 Å². The van der Waals surface area contributed by atoms with Crippen LogP contribution in [0.2, 0.25) is 0 Å². The average molecular weight is 231 g/mol. The number of rotatable bonds is 0. The topological polar surface area (TPSA) is 20.2 Å². The van der Waals surface area contributed by atoms with Gasteiger partial charge in [0.15, 0.2) is 0 Å². The second-order valence-electron chi connectivity index (χ2n) is 2.97. The Bertz CT molecular complexity index is 313. The Hall–Kier alpha value is -0.410. The maximum absolute atomic E-state index is 13.0. The van der Waals surface area contributed by atoms with Crippen LogP contribution >= 0.6 is 15.9 Å². The van der Waals surface area contributed by atoms with Crippen LogP contribution in [0.15, 0.2) is 22.7 Å². The van der Waals surface area contributed by atoms with Gasteiger partial charge in [-0.3, -0.25) is 0 Å². The van der Waals surface area contributed by atoms with Crippen molar-refractivity contribution in [2.24, 2.45) is 0 Å². The van der Waals surface area contributed by atoms with E-state index in [1.54, 1.807) is 6.07 Å². The van der Waals surface area contributed by atoms with Gasteiger partial charge in [-0.2, -0.15) is 0 Å². The predicted molar refractivity (Wildman–Crippen MR) is 47.7 cm³/mol. The minimum atomic E-state index is -1.14. The fraction of sp³-hybridized carbons (Fsp3) is 0.333. The Balaban J connectivity index is 2.53. The number of benzene rings is 1.